The maximum Gasteiger partial charge on any atom is 0.228 e. The molecule has 0 aromatic heterocycles. The minimum atomic E-state index is -0.348. The molecule has 0 bridgehead atoms. The highest BCUT2D eigenvalue weighted by Crippen LogP contribution is 2.28. The number of Topliss-reactive ketones (excluding diaryl/α,β-unsaturated/α-hetero) is 2. The lowest BCUT2D eigenvalue weighted by Crippen LogP contribution is -2.35. The van der Waals surface area contributed by atoms with E-state index < -0.39 is 0 Å². The van der Waals surface area contributed by atoms with Crippen LogP contribution >= 0.6 is 0 Å². The second-order valence-corrected chi connectivity index (χ2v) is 6.97. The maximum absolute atomic E-state index is 12.7. The molecule has 0 aliphatic heterocycles. The number of aliphatic hydroxyl groups excluding tert-OH is 1. The van der Waals surface area contributed by atoms with Crippen LogP contribution in [0.5, 0.6) is 0 Å². The summed E-state index contributed by atoms with van der Waals surface area (Å²) in [6, 6.07) is 7.29. The SMILES string of the molecule is COC1=C(OC)C(=O)C(Cc2ccc(CCC(=O)N[C@@H](C)CO)cc2)=C(C)C1=O. The number of methoxy groups -OCH3 is 2. The highest BCUT2D eigenvalue weighted by atomic mass is 16.5. The second kappa shape index (κ2) is 10.0. The smallest absolute Gasteiger partial charge is 0.228 e. The van der Waals surface area contributed by atoms with Crippen LogP contribution in [0.25, 0.3) is 0 Å². The quantitative estimate of drug-likeness (QED) is 0.610. The van der Waals surface area contributed by atoms with Crippen molar-refractivity contribution in [2.24, 2.45) is 0 Å². The lowest BCUT2D eigenvalue weighted by molar-refractivity contribution is -0.122. The van der Waals surface area contributed by atoms with Crippen molar-refractivity contribution >= 4 is 17.5 Å². The van der Waals surface area contributed by atoms with Gasteiger partial charge in [-0.15, -0.1) is 0 Å². The molecule has 1 aromatic carbocycles. The number of rotatable bonds is 9. The third kappa shape index (κ3) is 5.32. The summed E-state index contributed by atoms with van der Waals surface area (Å²) in [7, 11) is 2.67. The Hall–Kier alpha value is -2.93. The molecule has 156 valence electrons. The van der Waals surface area contributed by atoms with E-state index in [2.05, 4.69) is 5.32 Å². The van der Waals surface area contributed by atoms with E-state index in [0.717, 1.165) is 11.1 Å². The third-order valence-corrected chi connectivity index (χ3v) is 4.82. The van der Waals surface area contributed by atoms with Crippen LogP contribution < -0.4 is 5.32 Å². The van der Waals surface area contributed by atoms with Crippen molar-refractivity contribution in [2.45, 2.75) is 39.2 Å². The first kappa shape index (κ1) is 22.4. The molecule has 0 heterocycles. The molecule has 1 amide bonds. The molecule has 0 fully saturated rings. The number of aryl methyl sites for hydroxylation is 1. The van der Waals surface area contributed by atoms with Crippen molar-refractivity contribution in [3.63, 3.8) is 0 Å². The summed E-state index contributed by atoms with van der Waals surface area (Å²) in [5, 5.41) is 11.7. The Bertz CT molecular complexity index is 851. The zero-order valence-electron chi connectivity index (χ0n) is 17.2. The van der Waals surface area contributed by atoms with Crippen LogP contribution in [-0.2, 0) is 36.7 Å². The van der Waals surface area contributed by atoms with Gasteiger partial charge in [-0.25, -0.2) is 0 Å². The zero-order chi connectivity index (χ0) is 21.6. The van der Waals surface area contributed by atoms with E-state index in [-0.39, 0.29) is 41.6 Å². The van der Waals surface area contributed by atoms with Crippen molar-refractivity contribution in [3.8, 4) is 0 Å². The Balaban J connectivity index is 2.06. The number of nitrogens with one attached hydrogen (secondary N) is 1. The molecule has 1 aliphatic carbocycles. The molecule has 7 nitrogen and oxygen atoms in total. The van der Waals surface area contributed by atoms with Gasteiger partial charge in [0.2, 0.25) is 29.0 Å². The van der Waals surface area contributed by atoms with Crippen molar-refractivity contribution in [2.75, 3.05) is 20.8 Å². The normalized spacial score (nSPS) is 15.5. The number of carbonyl (C=O) groups is 3. The van der Waals surface area contributed by atoms with Gasteiger partial charge in [0.25, 0.3) is 0 Å². The van der Waals surface area contributed by atoms with Gasteiger partial charge in [-0.2, -0.15) is 0 Å². The van der Waals surface area contributed by atoms with Crippen molar-refractivity contribution in [1.82, 2.24) is 5.32 Å². The fourth-order valence-electron chi connectivity index (χ4n) is 3.08. The lowest BCUT2D eigenvalue weighted by Gasteiger charge is -2.20. The van der Waals surface area contributed by atoms with Gasteiger partial charge in [0.1, 0.15) is 0 Å². The number of ether oxygens (including phenoxy) is 2. The van der Waals surface area contributed by atoms with Crippen molar-refractivity contribution in [3.05, 3.63) is 58.1 Å². The Kier molecular flexibility index (Phi) is 7.73. The second-order valence-electron chi connectivity index (χ2n) is 6.97. The molecule has 1 atom stereocenters. The lowest BCUT2D eigenvalue weighted by atomic mass is 9.88. The van der Waals surface area contributed by atoms with Crippen molar-refractivity contribution in [1.29, 1.82) is 0 Å². The number of aliphatic hydroxyl groups is 1. The molecule has 2 N–H and O–H groups in total. The fraction of sp³-hybridized carbons (Fsp3) is 0.409. The van der Waals surface area contributed by atoms with Crippen LogP contribution in [0.4, 0.5) is 0 Å². The van der Waals surface area contributed by atoms with Crippen LogP contribution in [0.2, 0.25) is 0 Å². The molecule has 0 radical (unpaired) electrons. The number of ketones is 2. The molecule has 2 rings (SSSR count). The Morgan fingerprint density at radius 1 is 1.03 bits per heavy atom. The highest BCUT2D eigenvalue weighted by Gasteiger charge is 2.34. The van der Waals surface area contributed by atoms with Crippen LogP contribution in [0.1, 0.15) is 31.4 Å². The number of hydrogen-bond acceptors (Lipinski definition) is 6. The number of carbonyl (C=O) groups excluding carboxylic acids is 3. The average molecular weight is 401 g/mol. The van der Waals surface area contributed by atoms with E-state index >= 15 is 0 Å². The van der Waals surface area contributed by atoms with E-state index in [1.165, 1.54) is 14.2 Å². The number of amides is 1. The zero-order valence-corrected chi connectivity index (χ0v) is 17.2. The van der Waals surface area contributed by atoms with Crippen LogP contribution in [0.15, 0.2) is 46.9 Å². The summed E-state index contributed by atoms with van der Waals surface area (Å²) in [6.07, 6.45) is 1.19. The summed E-state index contributed by atoms with van der Waals surface area (Å²) in [4.78, 5) is 37.0. The van der Waals surface area contributed by atoms with Crippen LogP contribution in [0, 0.1) is 0 Å². The minimum Gasteiger partial charge on any atom is -0.489 e. The largest absolute Gasteiger partial charge is 0.489 e. The maximum atomic E-state index is 12.7. The Morgan fingerprint density at radius 2 is 1.59 bits per heavy atom. The van der Waals surface area contributed by atoms with E-state index in [4.69, 9.17) is 14.6 Å². The van der Waals surface area contributed by atoms with E-state index in [1.807, 2.05) is 24.3 Å². The first-order chi connectivity index (χ1) is 13.8. The predicted molar refractivity (Wildman–Crippen MR) is 107 cm³/mol. The standard InChI is InChI=1S/C22H27NO6/c1-13(12-24)23-18(25)10-9-15-5-7-16(8-6-15)11-17-14(2)19(26)21(28-3)22(29-4)20(17)27/h5-8,13,24H,9-12H2,1-4H3,(H,23,25)/t13-/m0/s1. The number of benzene rings is 1. The summed E-state index contributed by atoms with van der Waals surface area (Å²) in [5.41, 5.74) is 2.60. The van der Waals surface area contributed by atoms with Crippen LogP contribution in [-0.4, -0.2) is 49.4 Å². The topological polar surface area (TPSA) is 102 Å². The van der Waals surface area contributed by atoms with Gasteiger partial charge in [0, 0.05) is 30.0 Å². The van der Waals surface area contributed by atoms with Gasteiger partial charge in [-0.1, -0.05) is 24.3 Å². The molecule has 1 aliphatic rings. The summed E-state index contributed by atoms with van der Waals surface area (Å²) < 4.78 is 10.1. The molecule has 0 spiro atoms. The number of allylic oxidation sites excluding steroid dienone is 2. The predicted octanol–water partition coefficient (Wildman–Crippen LogP) is 1.63. The number of hydrogen-bond donors (Lipinski definition) is 2. The molecular formula is C22H27NO6. The molecule has 7 heteroatoms. The van der Waals surface area contributed by atoms with Crippen LogP contribution in [0.3, 0.4) is 0 Å². The van der Waals surface area contributed by atoms with Crippen molar-refractivity contribution < 1.29 is 29.0 Å². The molecule has 0 unspecified atom stereocenters. The minimum absolute atomic E-state index is 0.0668. The van der Waals surface area contributed by atoms with E-state index in [9.17, 15) is 14.4 Å². The Morgan fingerprint density at radius 3 is 2.14 bits per heavy atom. The van der Waals surface area contributed by atoms with E-state index in [1.54, 1.807) is 13.8 Å². The summed E-state index contributed by atoms with van der Waals surface area (Å²) >= 11 is 0. The summed E-state index contributed by atoms with van der Waals surface area (Å²) in [6.45, 7) is 3.25. The van der Waals surface area contributed by atoms with Gasteiger partial charge in [0.05, 0.1) is 20.8 Å². The fourth-order valence-corrected chi connectivity index (χ4v) is 3.08. The third-order valence-electron chi connectivity index (χ3n) is 4.82. The molecular weight excluding hydrogens is 374 g/mol. The van der Waals surface area contributed by atoms with Gasteiger partial charge in [-0.3, -0.25) is 14.4 Å². The van der Waals surface area contributed by atoms with E-state index in [0.29, 0.717) is 30.4 Å². The highest BCUT2D eigenvalue weighted by molar-refractivity contribution is 6.23. The molecule has 0 saturated carbocycles. The van der Waals surface area contributed by atoms with Gasteiger partial charge >= 0.3 is 0 Å². The van der Waals surface area contributed by atoms with Gasteiger partial charge in [0.15, 0.2) is 0 Å². The Labute approximate surface area is 170 Å². The molecule has 0 saturated heterocycles. The first-order valence-electron chi connectivity index (χ1n) is 9.41. The average Bonchev–Trinajstić information content (AvgIpc) is 2.72. The molecule has 1 aromatic rings. The van der Waals surface area contributed by atoms with Gasteiger partial charge in [-0.05, 0) is 31.4 Å². The first-order valence-corrected chi connectivity index (χ1v) is 9.41. The monoisotopic (exact) mass is 401 g/mol. The summed E-state index contributed by atoms with van der Waals surface area (Å²) in [5.74, 6) is -0.949. The van der Waals surface area contributed by atoms with Gasteiger partial charge < -0.3 is 19.9 Å². The molecule has 29 heavy (non-hydrogen) atoms.